The molecule has 4 rings (SSSR count). The van der Waals surface area contributed by atoms with E-state index in [0.29, 0.717) is 5.92 Å². The van der Waals surface area contributed by atoms with Crippen LogP contribution >= 0.6 is 0 Å². The lowest BCUT2D eigenvalue weighted by atomic mass is 9.77. The van der Waals surface area contributed by atoms with Gasteiger partial charge in [0.2, 0.25) is 0 Å². The normalized spacial score (nSPS) is 25.3. The largest absolute Gasteiger partial charge is 0.497 e. The van der Waals surface area contributed by atoms with Crippen LogP contribution < -0.4 is 10.1 Å². The van der Waals surface area contributed by atoms with Crippen LogP contribution in [0.5, 0.6) is 5.75 Å². The summed E-state index contributed by atoms with van der Waals surface area (Å²) in [6, 6.07) is 13.4. The maximum Gasteiger partial charge on any atom is 0.123 e. The molecule has 0 radical (unpaired) electrons. The van der Waals surface area contributed by atoms with E-state index in [2.05, 4.69) is 29.6 Å². The molecule has 0 spiro atoms. The highest BCUT2D eigenvalue weighted by atomic mass is 19.1. The maximum atomic E-state index is 13.6. The van der Waals surface area contributed by atoms with E-state index in [0.717, 1.165) is 23.4 Å². The first kappa shape index (κ1) is 13.4. The molecule has 0 amide bonds. The second-order valence-electron chi connectivity index (χ2n) is 5.98. The van der Waals surface area contributed by atoms with Gasteiger partial charge in [0, 0.05) is 11.6 Å². The predicted molar refractivity (Wildman–Crippen MR) is 85.7 cm³/mol. The summed E-state index contributed by atoms with van der Waals surface area (Å²) in [6.45, 7) is 0. The van der Waals surface area contributed by atoms with Crippen LogP contribution in [-0.2, 0) is 0 Å². The van der Waals surface area contributed by atoms with E-state index < -0.39 is 0 Å². The number of allylic oxidation sites excluding steroid dienone is 2. The fraction of sp³-hybridized carbons (Fsp3) is 0.263. The van der Waals surface area contributed by atoms with Crippen molar-refractivity contribution >= 4 is 5.69 Å². The van der Waals surface area contributed by atoms with Gasteiger partial charge in [-0.05, 0) is 53.8 Å². The Morgan fingerprint density at radius 3 is 2.95 bits per heavy atom. The van der Waals surface area contributed by atoms with Crippen LogP contribution in [0.1, 0.15) is 29.5 Å². The molecular formula is C19H18FNO. The van der Waals surface area contributed by atoms with Gasteiger partial charge in [-0.25, -0.2) is 4.39 Å². The van der Waals surface area contributed by atoms with E-state index >= 15 is 0 Å². The third kappa shape index (κ3) is 2.08. The Hall–Kier alpha value is -2.29. The lowest BCUT2D eigenvalue weighted by Gasteiger charge is -2.37. The molecule has 2 aliphatic rings. The summed E-state index contributed by atoms with van der Waals surface area (Å²) in [4.78, 5) is 0. The molecule has 2 aromatic rings. The number of benzene rings is 2. The van der Waals surface area contributed by atoms with Crippen LogP contribution in [0.2, 0.25) is 0 Å². The number of ether oxygens (including phenoxy) is 1. The molecule has 1 aliphatic carbocycles. The van der Waals surface area contributed by atoms with Crippen molar-refractivity contribution in [1.82, 2.24) is 0 Å². The van der Waals surface area contributed by atoms with Crippen LogP contribution in [0.3, 0.4) is 0 Å². The highest BCUT2D eigenvalue weighted by Crippen LogP contribution is 2.50. The fourth-order valence-corrected chi connectivity index (χ4v) is 3.73. The summed E-state index contributed by atoms with van der Waals surface area (Å²) in [7, 11) is 1.69. The SMILES string of the molecule is COc1cccc([C@@H]2Nc3ccc(F)cc3[C@@H]3C=CC[C@H]32)c1. The van der Waals surface area contributed by atoms with E-state index in [-0.39, 0.29) is 17.8 Å². The van der Waals surface area contributed by atoms with Gasteiger partial charge in [0.1, 0.15) is 11.6 Å². The minimum absolute atomic E-state index is 0.167. The zero-order valence-corrected chi connectivity index (χ0v) is 12.4. The van der Waals surface area contributed by atoms with Gasteiger partial charge in [0.05, 0.1) is 13.2 Å². The molecule has 0 aromatic heterocycles. The number of halogens is 1. The Morgan fingerprint density at radius 2 is 2.09 bits per heavy atom. The van der Waals surface area contributed by atoms with E-state index in [1.165, 1.54) is 11.6 Å². The molecule has 22 heavy (non-hydrogen) atoms. The van der Waals surface area contributed by atoms with Crippen molar-refractivity contribution in [3.63, 3.8) is 0 Å². The van der Waals surface area contributed by atoms with Gasteiger partial charge in [0.25, 0.3) is 0 Å². The summed E-state index contributed by atoms with van der Waals surface area (Å²) in [5, 5.41) is 3.60. The Kier molecular flexibility index (Phi) is 3.14. The fourth-order valence-electron chi connectivity index (χ4n) is 3.73. The van der Waals surface area contributed by atoms with Gasteiger partial charge in [-0.15, -0.1) is 0 Å². The smallest absolute Gasteiger partial charge is 0.123 e. The number of rotatable bonds is 2. The van der Waals surface area contributed by atoms with Crippen molar-refractivity contribution < 1.29 is 9.13 Å². The second-order valence-corrected chi connectivity index (χ2v) is 5.98. The second kappa shape index (κ2) is 5.16. The van der Waals surface area contributed by atoms with Crippen molar-refractivity contribution in [3.8, 4) is 5.75 Å². The first-order valence-electron chi connectivity index (χ1n) is 7.63. The number of hydrogen-bond acceptors (Lipinski definition) is 2. The quantitative estimate of drug-likeness (QED) is 0.814. The molecule has 1 N–H and O–H groups in total. The zero-order valence-electron chi connectivity index (χ0n) is 12.4. The highest BCUT2D eigenvalue weighted by Gasteiger charge is 2.38. The molecule has 2 aromatic carbocycles. The average Bonchev–Trinajstić information content (AvgIpc) is 3.04. The molecule has 0 saturated heterocycles. The lowest BCUT2D eigenvalue weighted by Crippen LogP contribution is -2.29. The zero-order chi connectivity index (χ0) is 15.1. The van der Waals surface area contributed by atoms with Gasteiger partial charge in [-0.1, -0.05) is 24.3 Å². The van der Waals surface area contributed by atoms with Crippen LogP contribution in [0, 0.1) is 11.7 Å². The van der Waals surface area contributed by atoms with Crippen molar-refractivity contribution in [2.24, 2.45) is 5.92 Å². The molecule has 112 valence electrons. The minimum atomic E-state index is -0.167. The lowest BCUT2D eigenvalue weighted by molar-refractivity contribution is 0.406. The summed E-state index contributed by atoms with van der Waals surface area (Å²) < 4.78 is 19.0. The number of fused-ring (bicyclic) bond motifs is 3. The molecule has 0 unspecified atom stereocenters. The molecular weight excluding hydrogens is 277 g/mol. The topological polar surface area (TPSA) is 21.3 Å². The minimum Gasteiger partial charge on any atom is -0.497 e. The van der Waals surface area contributed by atoms with Gasteiger partial charge >= 0.3 is 0 Å². The Labute approximate surface area is 129 Å². The van der Waals surface area contributed by atoms with E-state index in [4.69, 9.17) is 4.74 Å². The molecule has 3 heteroatoms. The highest BCUT2D eigenvalue weighted by molar-refractivity contribution is 5.60. The molecule has 0 saturated carbocycles. The third-order valence-electron chi connectivity index (χ3n) is 4.78. The maximum absolute atomic E-state index is 13.6. The Bertz CT molecular complexity index is 740. The number of hydrogen-bond donors (Lipinski definition) is 1. The molecule has 2 nitrogen and oxygen atoms in total. The van der Waals surface area contributed by atoms with Crippen molar-refractivity contribution in [1.29, 1.82) is 0 Å². The number of nitrogens with one attached hydrogen (secondary N) is 1. The summed E-state index contributed by atoms with van der Waals surface area (Å²) in [6.07, 6.45) is 5.44. The van der Waals surface area contributed by atoms with Gasteiger partial charge in [0.15, 0.2) is 0 Å². The van der Waals surface area contributed by atoms with E-state index in [1.54, 1.807) is 13.2 Å². The standard InChI is InChI=1S/C19H18FNO/c1-22-14-5-2-4-12(10-14)19-16-7-3-6-15(16)17-11-13(20)8-9-18(17)21-19/h2-6,8-11,15-16,19,21H,7H2,1H3/t15-,16-,19+/m1/s1. The van der Waals surface area contributed by atoms with Gasteiger partial charge < -0.3 is 10.1 Å². The van der Waals surface area contributed by atoms with E-state index in [9.17, 15) is 4.39 Å². The molecule has 1 aliphatic heterocycles. The third-order valence-corrected chi connectivity index (χ3v) is 4.78. The van der Waals surface area contributed by atoms with Crippen molar-refractivity contribution in [3.05, 3.63) is 71.6 Å². The van der Waals surface area contributed by atoms with Crippen LogP contribution in [0.25, 0.3) is 0 Å². The summed E-state index contributed by atoms with van der Waals surface area (Å²) >= 11 is 0. The molecule has 1 heterocycles. The Morgan fingerprint density at radius 1 is 1.18 bits per heavy atom. The predicted octanol–water partition coefficient (Wildman–Crippen LogP) is 4.66. The molecule has 0 fully saturated rings. The van der Waals surface area contributed by atoms with Crippen LogP contribution in [0.15, 0.2) is 54.6 Å². The van der Waals surface area contributed by atoms with Gasteiger partial charge in [-0.3, -0.25) is 0 Å². The van der Waals surface area contributed by atoms with Crippen LogP contribution in [0.4, 0.5) is 10.1 Å². The number of anilines is 1. The van der Waals surface area contributed by atoms with Gasteiger partial charge in [-0.2, -0.15) is 0 Å². The molecule has 0 bridgehead atoms. The van der Waals surface area contributed by atoms with Crippen LogP contribution in [-0.4, -0.2) is 7.11 Å². The average molecular weight is 295 g/mol. The summed E-state index contributed by atoms with van der Waals surface area (Å²) in [5.41, 5.74) is 3.31. The summed E-state index contributed by atoms with van der Waals surface area (Å²) in [5.74, 6) is 1.40. The molecule has 3 atom stereocenters. The Balaban J connectivity index is 1.77. The van der Waals surface area contributed by atoms with E-state index in [1.807, 2.05) is 18.2 Å². The van der Waals surface area contributed by atoms with Crippen molar-refractivity contribution in [2.45, 2.75) is 18.4 Å². The van der Waals surface area contributed by atoms with Crippen molar-refractivity contribution in [2.75, 3.05) is 12.4 Å². The first-order valence-corrected chi connectivity index (χ1v) is 7.63. The monoisotopic (exact) mass is 295 g/mol. The first-order chi connectivity index (χ1) is 10.8. The number of methoxy groups -OCH3 is 1.